The van der Waals surface area contributed by atoms with Crippen molar-refractivity contribution in [2.45, 2.75) is 4.90 Å². The number of morpholine rings is 2. The van der Waals surface area contributed by atoms with Crippen LogP contribution in [0.5, 0.6) is 0 Å². The number of anilines is 1. The predicted molar refractivity (Wildman–Crippen MR) is 125 cm³/mol. The summed E-state index contributed by atoms with van der Waals surface area (Å²) < 4.78 is 37.4. The van der Waals surface area contributed by atoms with Crippen molar-refractivity contribution >= 4 is 27.5 Å². The SMILES string of the molecule is O=C(CN1CCN(C(=O)CN2CCOCC2)CC1)Nc1ccc(S(=O)(=O)N2CCOCC2)cc1. The van der Waals surface area contributed by atoms with Gasteiger partial charge in [-0.05, 0) is 24.3 Å². The van der Waals surface area contributed by atoms with E-state index in [1.165, 1.54) is 16.4 Å². The molecule has 3 saturated heterocycles. The summed E-state index contributed by atoms with van der Waals surface area (Å²) in [6, 6.07) is 6.24. The fourth-order valence-electron chi connectivity index (χ4n) is 4.26. The lowest BCUT2D eigenvalue weighted by atomic mass is 10.2. The Balaban J connectivity index is 1.21. The molecule has 0 aromatic heterocycles. The van der Waals surface area contributed by atoms with E-state index in [1.807, 2.05) is 9.80 Å². The first kappa shape index (κ1) is 25.0. The molecule has 0 saturated carbocycles. The summed E-state index contributed by atoms with van der Waals surface area (Å²) in [6.45, 7) is 7.49. The van der Waals surface area contributed by atoms with E-state index in [0.717, 1.165) is 13.1 Å². The Morgan fingerprint density at radius 1 is 0.765 bits per heavy atom. The first-order chi connectivity index (χ1) is 16.4. The molecule has 3 fully saturated rings. The van der Waals surface area contributed by atoms with Gasteiger partial charge < -0.3 is 19.7 Å². The second-order valence-electron chi connectivity index (χ2n) is 8.63. The molecule has 0 atom stereocenters. The van der Waals surface area contributed by atoms with Gasteiger partial charge in [0.1, 0.15) is 0 Å². The van der Waals surface area contributed by atoms with E-state index < -0.39 is 10.0 Å². The normalized spacial score (nSPS) is 21.4. The molecule has 0 bridgehead atoms. The third-order valence-corrected chi connectivity index (χ3v) is 8.21. The maximum Gasteiger partial charge on any atom is 0.243 e. The number of sulfonamides is 1. The largest absolute Gasteiger partial charge is 0.379 e. The molecule has 11 nitrogen and oxygen atoms in total. The lowest BCUT2D eigenvalue weighted by molar-refractivity contribution is -0.135. The van der Waals surface area contributed by atoms with E-state index in [1.54, 1.807) is 12.1 Å². The van der Waals surface area contributed by atoms with Crippen LogP contribution in [0, 0.1) is 0 Å². The number of piperazine rings is 1. The highest BCUT2D eigenvalue weighted by molar-refractivity contribution is 7.89. The van der Waals surface area contributed by atoms with Crippen LogP contribution in [-0.4, -0.2) is 131 Å². The number of hydrogen-bond acceptors (Lipinski definition) is 8. The zero-order chi connectivity index (χ0) is 24.0. The average molecular weight is 496 g/mol. The number of hydrogen-bond donors (Lipinski definition) is 1. The number of nitrogens with one attached hydrogen (secondary N) is 1. The van der Waals surface area contributed by atoms with Crippen molar-refractivity contribution in [3.63, 3.8) is 0 Å². The van der Waals surface area contributed by atoms with Gasteiger partial charge in [0.2, 0.25) is 21.8 Å². The van der Waals surface area contributed by atoms with Crippen molar-refractivity contribution in [1.82, 2.24) is 19.0 Å². The Labute approximate surface area is 200 Å². The van der Waals surface area contributed by atoms with Gasteiger partial charge in [0.05, 0.1) is 44.4 Å². The van der Waals surface area contributed by atoms with E-state index in [0.29, 0.717) is 77.9 Å². The lowest BCUT2D eigenvalue weighted by Crippen LogP contribution is -2.53. The number of rotatable bonds is 7. The third kappa shape index (κ3) is 6.52. The molecule has 0 spiro atoms. The average Bonchev–Trinajstić information content (AvgIpc) is 2.86. The van der Waals surface area contributed by atoms with Gasteiger partial charge in [0.25, 0.3) is 0 Å². The van der Waals surface area contributed by atoms with Crippen LogP contribution in [0.15, 0.2) is 29.2 Å². The Bertz CT molecular complexity index is 937. The minimum atomic E-state index is -3.56. The zero-order valence-electron chi connectivity index (χ0n) is 19.4. The van der Waals surface area contributed by atoms with Crippen molar-refractivity contribution in [2.24, 2.45) is 0 Å². The second kappa shape index (κ2) is 11.6. The molecule has 1 aromatic carbocycles. The topological polar surface area (TPSA) is 112 Å². The highest BCUT2D eigenvalue weighted by atomic mass is 32.2. The van der Waals surface area contributed by atoms with Crippen LogP contribution in [0.2, 0.25) is 0 Å². The molecule has 0 aliphatic carbocycles. The number of ether oxygens (including phenoxy) is 2. The van der Waals surface area contributed by atoms with Gasteiger partial charge in [-0.15, -0.1) is 0 Å². The minimum absolute atomic E-state index is 0.123. The Hall–Kier alpha value is -2.09. The summed E-state index contributed by atoms with van der Waals surface area (Å²) in [7, 11) is -3.56. The van der Waals surface area contributed by atoms with Crippen molar-refractivity contribution in [3.05, 3.63) is 24.3 Å². The highest BCUT2D eigenvalue weighted by Crippen LogP contribution is 2.19. The van der Waals surface area contributed by atoms with Crippen LogP contribution in [0.1, 0.15) is 0 Å². The Morgan fingerprint density at radius 3 is 1.94 bits per heavy atom. The van der Waals surface area contributed by atoms with Gasteiger partial charge in [0.15, 0.2) is 0 Å². The molecule has 3 heterocycles. The van der Waals surface area contributed by atoms with Crippen molar-refractivity contribution in [2.75, 3.05) is 97.2 Å². The number of nitrogens with zero attached hydrogens (tertiary/aromatic N) is 4. The lowest BCUT2D eigenvalue weighted by Gasteiger charge is -2.36. The van der Waals surface area contributed by atoms with Crippen LogP contribution in [-0.2, 0) is 29.1 Å². The van der Waals surface area contributed by atoms with E-state index in [4.69, 9.17) is 9.47 Å². The van der Waals surface area contributed by atoms with E-state index in [2.05, 4.69) is 10.2 Å². The van der Waals surface area contributed by atoms with E-state index >= 15 is 0 Å². The Morgan fingerprint density at radius 2 is 1.32 bits per heavy atom. The van der Waals surface area contributed by atoms with Gasteiger partial charge in [0, 0.05) is 58.0 Å². The number of carbonyl (C=O) groups excluding carboxylic acids is 2. The molecule has 2 amide bonds. The summed E-state index contributed by atoms with van der Waals surface area (Å²) in [6.07, 6.45) is 0. The molecule has 34 heavy (non-hydrogen) atoms. The van der Waals surface area contributed by atoms with Crippen LogP contribution >= 0.6 is 0 Å². The van der Waals surface area contributed by atoms with Crippen LogP contribution < -0.4 is 5.32 Å². The first-order valence-electron chi connectivity index (χ1n) is 11.7. The molecule has 3 aliphatic heterocycles. The molecule has 1 aromatic rings. The van der Waals surface area contributed by atoms with Gasteiger partial charge in [-0.3, -0.25) is 19.4 Å². The quantitative estimate of drug-likeness (QED) is 0.519. The molecule has 4 rings (SSSR count). The highest BCUT2D eigenvalue weighted by Gasteiger charge is 2.27. The fourth-order valence-corrected chi connectivity index (χ4v) is 5.66. The number of benzene rings is 1. The molecule has 3 aliphatic rings. The summed E-state index contributed by atoms with van der Waals surface area (Å²) in [5, 5.41) is 2.83. The van der Waals surface area contributed by atoms with Gasteiger partial charge in [-0.2, -0.15) is 4.31 Å². The molecule has 0 radical (unpaired) electrons. The zero-order valence-corrected chi connectivity index (χ0v) is 20.2. The van der Waals surface area contributed by atoms with Crippen molar-refractivity contribution in [3.8, 4) is 0 Å². The first-order valence-corrected chi connectivity index (χ1v) is 13.1. The van der Waals surface area contributed by atoms with Gasteiger partial charge in [-0.25, -0.2) is 8.42 Å². The number of amides is 2. The third-order valence-electron chi connectivity index (χ3n) is 6.30. The summed E-state index contributed by atoms with van der Waals surface area (Å²) in [4.78, 5) is 31.2. The number of carbonyl (C=O) groups is 2. The van der Waals surface area contributed by atoms with Gasteiger partial charge in [-0.1, -0.05) is 0 Å². The predicted octanol–water partition coefficient (Wildman–Crippen LogP) is -0.878. The smallest absolute Gasteiger partial charge is 0.243 e. The fraction of sp³-hybridized carbons (Fsp3) is 0.636. The maximum atomic E-state index is 12.7. The van der Waals surface area contributed by atoms with E-state index in [9.17, 15) is 18.0 Å². The maximum absolute atomic E-state index is 12.7. The molecule has 0 unspecified atom stereocenters. The van der Waals surface area contributed by atoms with Crippen LogP contribution in [0.4, 0.5) is 5.69 Å². The Kier molecular flexibility index (Phi) is 8.51. The van der Waals surface area contributed by atoms with Crippen LogP contribution in [0.3, 0.4) is 0 Å². The second-order valence-corrected chi connectivity index (χ2v) is 10.6. The van der Waals surface area contributed by atoms with Crippen LogP contribution in [0.25, 0.3) is 0 Å². The van der Waals surface area contributed by atoms with Crippen molar-refractivity contribution in [1.29, 1.82) is 0 Å². The molecular weight excluding hydrogens is 462 g/mol. The summed E-state index contributed by atoms with van der Waals surface area (Å²) in [5.74, 6) is -0.0463. The minimum Gasteiger partial charge on any atom is -0.379 e. The molecule has 1 N–H and O–H groups in total. The molecule has 12 heteroatoms. The van der Waals surface area contributed by atoms with Crippen molar-refractivity contribution < 1.29 is 27.5 Å². The molecule has 188 valence electrons. The van der Waals surface area contributed by atoms with E-state index in [-0.39, 0.29) is 23.3 Å². The monoisotopic (exact) mass is 495 g/mol. The molecular formula is C22H33N5O6S. The van der Waals surface area contributed by atoms with Gasteiger partial charge >= 0.3 is 0 Å². The summed E-state index contributed by atoms with van der Waals surface area (Å²) >= 11 is 0. The summed E-state index contributed by atoms with van der Waals surface area (Å²) in [5.41, 5.74) is 0.547. The standard InChI is InChI=1S/C22H33N5O6S/c28-21(17-24-5-7-26(8-6-24)22(29)18-25-9-13-32-14-10-25)23-19-1-3-20(4-2-19)34(30,31)27-11-15-33-16-12-27/h1-4H,5-18H2,(H,23,28).